The van der Waals surface area contributed by atoms with Crippen LogP contribution >= 0.6 is 0 Å². The lowest BCUT2D eigenvalue weighted by Gasteiger charge is -2.11. The minimum absolute atomic E-state index is 0.0164. The maximum absolute atomic E-state index is 11.8. The van der Waals surface area contributed by atoms with E-state index in [1.807, 2.05) is 86.6 Å². The fourth-order valence-electron chi connectivity index (χ4n) is 1.97. The smallest absolute Gasteiger partial charge is 0.178 e. The quantitative estimate of drug-likeness (QED) is 0.763. The van der Waals surface area contributed by atoms with Crippen LogP contribution in [0.2, 0.25) is 0 Å². The van der Waals surface area contributed by atoms with E-state index in [9.17, 15) is 4.79 Å². The zero-order valence-corrected chi connectivity index (χ0v) is 13.3. The van der Waals surface area contributed by atoms with Crippen molar-refractivity contribution < 1.29 is 4.79 Å². The lowest BCUT2D eigenvalue weighted by molar-refractivity contribution is -0.110. The lowest BCUT2D eigenvalue weighted by Crippen LogP contribution is -2.07. The maximum atomic E-state index is 11.8. The Morgan fingerprint density at radius 2 is 1.27 bits per heavy atom. The van der Waals surface area contributed by atoms with Crippen LogP contribution in [-0.4, -0.2) is 19.9 Å². The Hall–Kier alpha value is -2.61. The molecule has 0 spiro atoms. The van der Waals surface area contributed by atoms with E-state index < -0.39 is 0 Å². The molecule has 2 nitrogen and oxygen atoms in total. The third kappa shape index (κ3) is 4.74. The average molecular weight is 291 g/mol. The zero-order valence-electron chi connectivity index (χ0n) is 13.3. The molecule has 0 aromatic heterocycles. The number of rotatable bonds is 5. The largest absolute Gasteiger partial charge is 0.378 e. The van der Waals surface area contributed by atoms with Gasteiger partial charge < -0.3 is 4.90 Å². The lowest BCUT2D eigenvalue weighted by atomic mass is 10.1. The number of hydrogen-bond acceptors (Lipinski definition) is 2. The van der Waals surface area contributed by atoms with E-state index in [-0.39, 0.29) is 5.78 Å². The summed E-state index contributed by atoms with van der Waals surface area (Å²) in [5.74, 6) is -0.0164. The van der Waals surface area contributed by atoms with Crippen molar-refractivity contribution in [3.05, 3.63) is 77.4 Å². The number of ketones is 1. The van der Waals surface area contributed by atoms with Crippen molar-refractivity contribution >= 4 is 23.6 Å². The second kappa shape index (κ2) is 7.41. The van der Waals surface area contributed by atoms with Gasteiger partial charge in [-0.05, 0) is 42.3 Å². The molecule has 2 heteroatoms. The van der Waals surface area contributed by atoms with Crippen LogP contribution in [0.3, 0.4) is 0 Å². The topological polar surface area (TPSA) is 20.3 Å². The van der Waals surface area contributed by atoms with Crippen molar-refractivity contribution in [2.75, 3.05) is 19.0 Å². The molecule has 2 rings (SSSR count). The summed E-state index contributed by atoms with van der Waals surface area (Å²) in [5, 5.41) is 0. The molecule has 0 saturated carbocycles. The van der Waals surface area contributed by atoms with Gasteiger partial charge in [0.1, 0.15) is 0 Å². The highest BCUT2D eigenvalue weighted by Crippen LogP contribution is 2.13. The number of benzene rings is 2. The standard InChI is InChI=1S/C20H21NO/c1-16-4-6-17(7-5-16)10-14-20(22)15-11-18-8-12-19(13-9-18)21(2)3/h4-15H,1-3H3. The molecule has 2 aromatic rings. The van der Waals surface area contributed by atoms with E-state index >= 15 is 0 Å². The highest BCUT2D eigenvalue weighted by atomic mass is 16.1. The Morgan fingerprint density at radius 1 is 0.818 bits per heavy atom. The normalized spacial score (nSPS) is 11.2. The number of nitrogens with zero attached hydrogens (tertiary/aromatic N) is 1. The molecule has 22 heavy (non-hydrogen) atoms. The van der Waals surface area contributed by atoms with Crippen LogP contribution in [0.25, 0.3) is 12.2 Å². The van der Waals surface area contributed by atoms with Crippen molar-refractivity contribution in [2.45, 2.75) is 6.92 Å². The molecule has 0 atom stereocenters. The van der Waals surface area contributed by atoms with Crippen LogP contribution in [0.1, 0.15) is 16.7 Å². The molecule has 0 amide bonds. The van der Waals surface area contributed by atoms with Gasteiger partial charge in [0.2, 0.25) is 0 Å². The molecule has 0 saturated heterocycles. The SMILES string of the molecule is Cc1ccc(C=CC(=O)C=Cc2ccc(N(C)C)cc2)cc1. The van der Waals surface area contributed by atoms with Gasteiger partial charge in [0, 0.05) is 19.8 Å². The van der Waals surface area contributed by atoms with Crippen molar-refractivity contribution in [1.29, 1.82) is 0 Å². The van der Waals surface area contributed by atoms with E-state index in [1.54, 1.807) is 12.2 Å². The minimum atomic E-state index is -0.0164. The Balaban J connectivity index is 1.97. The van der Waals surface area contributed by atoms with Gasteiger partial charge in [-0.15, -0.1) is 0 Å². The average Bonchev–Trinajstić information content (AvgIpc) is 2.52. The first kappa shape index (κ1) is 15.8. The Labute approximate surface area is 132 Å². The summed E-state index contributed by atoms with van der Waals surface area (Å²) >= 11 is 0. The third-order valence-electron chi connectivity index (χ3n) is 3.37. The maximum Gasteiger partial charge on any atom is 0.178 e. The first-order valence-electron chi connectivity index (χ1n) is 7.29. The molecule has 0 radical (unpaired) electrons. The van der Waals surface area contributed by atoms with Gasteiger partial charge in [0.05, 0.1) is 0 Å². The summed E-state index contributed by atoms with van der Waals surface area (Å²) in [4.78, 5) is 13.9. The molecular weight excluding hydrogens is 270 g/mol. The van der Waals surface area contributed by atoms with Gasteiger partial charge >= 0.3 is 0 Å². The summed E-state index contributed by atoms with van der Waals surface area (Å²) in [6, 6.07) is 16.1. The fraction of sp³-hybridized carbons (Fsp3) is 0.150. The van der Waals surface area contributed by atoms with E-state index in [0.717, 1.165) is 16.8 Å². The summed E-state index contributed by atoms with van der Waals surface area (Å²) in [6.45, 7) is 2.04. The van der Waals surface area contributed by atoms with Crippen molar-refractivity contribution in [3.63, 3.8) is 0 Å². The van der Waals surface area contributed by atoms with E-state index in [2.05, 4.69) is 0 Å². The van der Waals surface area contributed by atoms with Gasteiger partial charge in [-0.2, -0.15) is 0 Å². The molecule has 0 fully saturated rings. The van der Waals surface area contributed by atoms with Gasteiger partial charge in [-0.3, -0.25) is 4.79 Å². The predicted octanol–water partition coefficient (Wildman–Crippen LogP) is 4.36. The summed E-state index contributed by atoms with van der Waals surface area (Å²) in [6.07, 6.45) is 6.85. The van der Waals surface area contributed by atoms with E-state index in [0.29, 0.717) is 0 Å². The van der Waals surface area contributed by atoms with Gasteiger partial charge in [-0.1, -0.05) is 54.1 Å². The molecule has 0 aliphatic carbocycles. The molecule has 0 bridgehead atoms. The number of aryl methyl sites for hydroxylation is 1. The zero-order chi connectivity index (χ0) is 15.9. The van der Waals surface area contributed by atoms with Gasteiger partial charge in [0.15, 0.2) is 5.78 Å². The van der Waals surface area contributed by atoms with Crippen LogP contribution in [0.15, 0.2) is 60.7 Å². The predicted molar refractivity (Wildman–Crippen MR) is 95.0 cm³/mol. The van der Waals surface area contributed by atoms with Crippen LogP contribution < -0.4 is 4.90 Å². The van der Waals surface area contributed by atoms with Crippen LogP contribution in [0.4, 0.5) is 5.69 Å². The number of carbonyl (C=O) groups excluding carboxylic acids is 1. The number of anilines is 1. The minimum Gasteiger partial charge on any atom is -0.378 e. The van der Waals surface area contributed by atoms with Gasteiger partial charge in [0.25, 0.3) is 0 Å². The molecule has 0 N–H and O–H groups in total. The van der Waals surface area contributed by atoms with Crippen molar-refractivity contribution in [2.24, 2.45) is 0 Å². The van der Waals surface area contributed by atoms with Gasteiger partial charge in [-0.25, -0.2) is 0 Å². The third-order valence-corrected chi connectivity index (χ3v) is 3.37. The fourth-order valence-corrected chi connectivity index (χ4v) is 1.97. The second-order valence-electron chi connectivity index (χ2n) is 5.47. The first-order chi connectivity index (χ1) is 10.5. The number of allylic oxidation sites excluding steroid dienone is 2. The van der Waals surface area contributed by atoms with E-state index in [1.165, 1.54) is 5.56 Å². The second-order valence-corrected chi connectivity index (χ2v) is 5.47. The van der Waals surface area contributed by atoms with E-state index in [4.69, 9.17) is 0 Å². The molecule has 112 valence electrons. The number of hydrogen-bond donors (Lipinski definition) is 0. The summed E-state index contributed by atoms with van der Waals surface area (Å²) < 4.78 is 0. The molecule has 0 aliphatic rings. The Morgan fingerprint density at radius 3 is 1.73 bits per heavy atom. The summed E-state index contributed by atoms with van der Waals surface area (Å²) in [5.41, 5.74) is 4.40. The highest BCUT2D eigenvalue weighted by molar-refractivity contribution is 6.04. The van der Waals surface area contributed by atoms with Crippen molar-refractivity contribution in [1.82, 2.24) is 0 Å². The monoisotopic (exact) mass is 291 g/mol. The van der Waals surface area contributed by atoms with Crippen LogP contribution in [0, 0.1) is 6.92 Å². The Kier molecular flexibility index (Phi) is 5.31. The van der Waals surface area contributed by atoms with Crippen LogP contribution in [0.5, 0.6) is 0 Å². The molecular formula is C20H21NO. The molecule has 0 aliphatic heterocycles. The van der Waals surface area contributed by atoms with Crippen LogP contribution in [-0.2, 0) is 4.79 Å². The molecule has 0 heterocycles. The first-order valence-corrected chi connectivity index (χ1v) is 7.29. The summed E-state index contributed by atoms with van der Waals surface area (Å²) in [7, 11) is 4.01. The molecule has 2 aromatic carbocycles. The van der Waals surface area contributed by atoms with Crippen molar-refractivity contribution in [3.8, 4) is 0 Å². The number of carbonyl (C=O) groups is 1. The highest BCUT2D eigenvalue weighted by Gasteiger charge is 1.95. The Bertz CT molecular complexity index is 677. The molecule has 0 unspecified atom stereocenters.